The van der Waals surface area contributed by atoms with E-state index in [2.05, 4.69) is 40.7 Å². The van der Waals surface area contributed by atoms with Crippen molar-refractivity contribution in [2.75, 3.05) is 6.54 Å². The molecule has 1 saturated heterocycles. The summed E-state index contributed by atoms with van der Waals surface area (Å²) in [5, 5.41) is 0. The number of likely N-dealkylation sites (tertiary alicyclic amines) is 1. The van der Waals surface area contributed by atoms with Crippen LogP contribution < -0.4 is 0 Å². The van der Waals surface area contributed by atoms with Gasteiger partial charge < -0.3 is 0 Å². The van der Waals surface area contributed by atoms with Crippen LogP contribution in [0.25, 0.3) is 16.7 Å². The summed E-state index contributed by atoms with van der Waals surface area (Å²) < 4.78 is 13.4. The Kier molecular flexibility index (Phi) is 9.59. The summed E-state index contributed by atoms with van der Waals surface area (Å²) in [7, 11) is 0. The van der Waals surface area contributed by atoms with E-state index in [1.807, 2.05) is 52.2 Å². The van der Waals surface area contributed by atoms with Gasteiger partial charge in [-0.3, -0.25) is 9.88 Å². The molecule has 0 saturated carbocycles. The number of hydrogen-bond acceptors (Lipinski definition) is 2. The fraction of sp³-hybridized carbons (Fsp3) is 0.387. The molecular weight excluding hydrogens is 419 g/mol. The highest BCUT2D eigenvalue weighted by molar-refractivity contribution is 5.76. The number of nitrogens with zero attached hydrogens (tertiary/aromatic N) is 2. The summed E-state index contributed by atoms with van der Waals surface area (Å²) in [5.41, 5.74) is 8.75. The molecule has 3 heteroatoms. The van der Waals surface area contributed by atoms with Crippen LogP contribution >= 0.6 is 0 Å². The number of fused-ring (bicyclic) bond motifs is 1. The average Bonchev–Trinajstić information content (AvgIpc) is 3.27. The van der Waals surface area contributed by atoms with E-state index in [0.29, 0.717) is 6.04 Å². The predicted octanol–water partition coefficient (Wildman–Crippen LogP) is 8.63. The minimum absolute atomic E-state index is 0.171. The molecule has 5 rings (SSSR count). The first-order valence-corrected chi connectivity index (χ1v) is 12.9. The zero-order valence-electron chi connectivity index (χ0n) is 21.3. The standard InChI is InChI=1S/C27H27FN2.2C2H6/c1-19-5-6-21-7-8-23(15-26(19)21)24-14-20(16-29-17-24)18-30-13-3-2-4-27(30)22-9-11-25(28)12-10-22;2*1-2/h7-12,14-17,27H,1-6,13,18H2;2*1-2H3/t27-;;/m1../s1. The number of aryl methyl sites for hydroxylation is 1. The van der Waals surface area contributed by atoms with Crippen molar-refractivity contribution in [3.05, 3.63) is 95.6 Å². The van der Waals surface area contributed by atoms with Gasteiger partial charge in [0.25, 0.3) is 0 Å². The molecule has 180 valence electrons. The van der Waals surface area contributed by atoms with Gasteiger partial charge in [-0.2, -0.15) is 0 Å². The van der Waals surface area contributed by atoms with E-state index in [4.69, 9.17) is 0 Å². The lowest BCUT2D eigenvalue weighted by Crippen LogP contribution is -2.33. The number of pyridine rings is 1. The maximum atomic E-state index is 13.4. The molecule has 0 amide bonds. The van der Waals surface area contributed by atoms with Crippen LogP contribution in [0.4, 0.5) is 4.39 Å². The highest BCUT2D eigenvalue weighted by atomic mass is 19.1. The second kappa shape index (κ2) is 12.6. The van der Waals surface area contributed by atoms with E-state index in [1.165, 1.54) is 46.2 Å². The van der Waals surface area contributed by atoms with Crippen LogP contribution in [0.5, 0.6) is 0 Å². The zero-order valence-corrected chi connectivity index (χ0v) is 21.3. The minimum atomic E-state index is -0.171. The van der Waals surface area contributed by atoms with Crippen molar-refractivity contribution >= 4 is 5.57 Å². The molecule has 2 aromatic carbocycles. The van der Waals surface area contributed by atoms with E-state index >= 15 is 0 Å². The van der Waals surface area contributed by atoms with Gasteiger partial charge in [-0.25, -0.2) is 4.39 Å². The minimum Gasteiger partial charge on any atom is -0.292 e. The number of allylic oxidation sites excluding steroid dienone is 1. The Hall–Kier alpha value is -2.78. The van der Waals surface area contributed by atoms with Gasteiger partial charge in [0.15, 0.2) is 0 Å². The number of benzene rings is 2. The molecule has 1 aliphatic heterocycles. The van der Waals surface area contributed by atoms with Crippen LogP contribution in [0.2, 0.25) is 0 Å². The molecule has 3 aromatic rings. The molecule has 0 N–H and O–H groups in total. The predicted molar refractivity (Wildman–Crippen MR) is 143 cm³/mol. The fourth-order valence-electron chi connectivity index (χ4n) is 4.93. The van der Waals surface area contributed by atoms with Gasteiger partial charge in [0.05, 0.1) is 0 Å². The number of halogens is 1. The summed E-state index contributed by atoms with van der Waals surface area (Å²) in [4.78, 5) is 7.07. The molecule has 1 atom stereocenters. The lowest BCUT2D eigenvalue weighted by Gasteiger charge is -2.36. The first-order chi connectivity index (χ1) is 16.7. The van der Waals surface area contributed by atoms with Crippen LogP contribution in [0.3, 0.4) is 0 Å². The van der Waals surface area contributed by atoms with E-state index in [9.17, 15) is 4.39 Å². The van der Waals surface area contributed by atoms with Crippen molar-refractivity contribution in [1.29, 1.82) is 0 Å². The van der Waals surface area contributed by atoms with Crippen molar-refractivity contribution in [3.8, 4) is 11.1 Å². The third-order valence-electron chi connectivity index (χ3n) is 6.57. The Balaban J connectivity index is 0.000000771. The quantitative estimate of drug-likeness (QED) is 0.389. The first kappa shape index (κ1) is 25.8. The van der Waals surface area contributed by atoms with Gasteiger partial charge in [0.2, 0.25) is 0 Å². The summed E-state index contributed by atoms with van der Waals surface area (Å²) in [5.74, 6) is -0.171. The number of piperidine rings is 1. The second-order valence-electron chi connectivity index (χ2n) is 8.59. The van der Waals surface area contributed by atoms with Crippen molar-refractivity contribution in [2.24, 2.45) is 0 Å². The molecule has 0 unspecified atom stereocenters. The molecule has 1 aliphatic carbocycles. The SMILES string of the molecule is C=C1CCc2ccc(-c3cncc(CN4CCCC[C@@H]4c4ccc(F)cc4)c3)cc21.CC.CC. The van der Waals surface area contributed by atoms with E-state index < -0.39 is 0 Å². The maximum Gasteiger partial charge on any atom is 0.123 e. The number of hydrogen-bond donors (Lipinski definition) is 0. The molecule has 0 bridgehead atoms. The van der Waals surface area contributed by atoms with Gasteiger partial charge >= 0.3 is 0 Å². The smallest absolute Gasteiger partial charge is 0.123 e. The van der Waals surface area contributed by atoms with Crippen molar-refractivity contribution in [2.45, 2.75) is 72.4 Å². The van der Waals surface area contributed by atoms with Gasteiger partial charge in [-0.05, 0) is 89.9 Å². The van der Waals surface area contributed by atoms with Crippen LogP contribution in [0.1, 0.15) is 81.7 Å². The molecule has 0 radical (unpaired) electrons. The summed E-state index contributed by atoms with van der Waals surface area (Å²) in [6.45, 7) is 14.1. The highest BCUT2D eigenvalue weighted by Crippen LogP contribution is 2.35. The molecule has 0 spiro atoms. The van der Waals surface area contributed by atoms with Gasteiger partial charge in [0.1, 0.15) is 5.82 Å². The molecule has 1 aromatic heterocycles. The van der Waals surface area contributed by atoms with Crippen molar-refractivity contribution in [1.82, 2.24) is 9.88 Å². The molecule has 2 heterocycles. The first-order valence-electron chi connectivity index (χ1n) is 12.9. The molecular formula is C31H39FN2. The highest BCUT2D eigenvalue weighted by Gasteiger charge is 2.24. The third-order valence-corrected chi connectivity index (χ3v) is 6.57. The van der Waals surface area contributed by atoms with Gasteiger partial charge in [-0.1, -0.05) is 65.0 Å². The monoisotopic (exact) mass is 458 g/mol. The second-order valence-corrected chi connectivity index (χ2v) is 8.59. The molecule has 1 fully saturated rings. The largest absolute Gasteiger partial charge is 0.292 e. The molecule has 34 heavy (non-hydrogen) atoms. The van der Waals surface area contributed by atoms with E-state index in [1.54, 1.807) is 12.1 Å². The van der Waals surface area contributed by atoms with Crippen LogP contribution in [0, 0.1) is 5.82 Å². The van der Waals surface area contributed by atoms with Gasteiger partial charge in [-0.15, -0.1) is 0 Å². The normalized spacial score (nSPS) is 17.2. The fourth-order valence-corrected chi connectivity index (χ4v) is 4.93. The Morgan fingerprint density at radius 3 is 2.44 bits per heavy atom. The van der Waals surface area contributed by atoms with Crippen molar-refractivity contribution < 1.29 is 4.39 Å². The van der Waals surface area contributed by atoms with Crippen LogP contribution in [-0.4, -0.2) is 16.4 Å². The van der Waals surface area contributed by atoms with E-state index in [0.717, 1.165) is 37.9 Å². The Morgan fingerprint density at radius 2 is 1.68 bits per heavy atom. The summed E-state index contributed by atoms with van der Waals surface area (Å²) in [6.07, 6.45) is 9.64. The zero-order chi connectivity index (χ0) is 24.5. The average molecular weight is 459 g/mol. The lowest BCUT2D eigenvalue weighted by atomic mass is 9.94. The van der Waals surface area contributed by atoms with Crippen molar-refractivity contribution in [3.63, 3.8) is 0 Å². The molecule has 2 nitrogen and oxygen atoms in total. The topological polar surface area (TPSA) is 16.1 Å². The number of aromatic nitrogens is 1. The summed E-state index contributed by atoms with van der Waals surface area (Å²) in [6, 6.07) is 16.3. The number of rotatable bonds is 4. The Morgan fingerprint density at radius 1 is 0.912 bits per heavy atom. The van der Waals surface area contributed by atoms with E-state index in [-0.39, 0.29) is 5.82 Å². The van der Waals surface area contributed by atoms with Crippen LogP contribution in [0.15, 0.2) is 67.5 Å². The van der Waals surface area contributed by atoms with Gasteiger partial charge in [0, 0.05) is 30.5 Å². The summed E-state index contributed by atoms with van der Waals surface area (Å²) >= 11 is 0. The Labute approximate surface area is 205 Å². The third kappa shape index (κ3) is 6.01. The lowest BCUT2D eigenvalue weighted by molar-refractivity contribution is 0.140. The molecule has 2 aliphatic rings. The Bertz CT molecular complexity index is 1070. The maximum absolute atomic E-state index is 13.4. The van der Waals surface area contributed by atoms with Crippen LogP contribution in [-0.2, 0) is 13.0 Å².